The van der Waals surface area contributed by atoms with Crippen molar-refractivity contribution in [1.82, 2.24) is 20.1 Å². The van der Waals surface area contributed by atoms with E-state index in [2.05, 4.69) is 15.5 Å². The maximum atomic E-state index is 12.2. The van der Waals surface area contributed by atoms with Crippen LogP contribution in [0.15, 0.2) is 5.16 Å². The van der Waals surface area contributed by atoms with E-state index in [1.165, 1.54) is 50.3 Å². The number of aromatic nitrogens is 3. The first kappa shape index (κ1) is 15.5. The summed E-state index contributed by atoms with van der Waals surface area (Å²) >= 11 is 1.47. The first-order valence-corrected chi connectivity index (χ1v) is 9.77. The average Bonchev–Trinajstić information content (AvgIpc) is 2.81. The van der Waals surface area contributed by atoms with Crippen molar-refractivity contribution in [1.29, 1.82) is 0 Å². The van der Waals surface area contributed by atoms with E-state index in [-0.39, 0.29) is 5.91 Å². The summed E-state index contributed by atoms with van der Waals surface area (Å²) in [5, 5.41) is 12.2. The number of hydrogen-bond donors (Lipinski definition) is 1. The van der Waals surface area contributed by atoms with Crippen LogP contribution in [-0.4, -0.2) is 33.0 Å². The van der Waals surface area contributed by atoms with Gasteiger partial charge >= 0.3 is 0 Å². The number of nitrogens with one attached hydrogen (secondary N) is 1. The molecule has 1 heterocycles. The molecule has 126 valence electrons. The van der Waals surface area contributed by atoms with Gasteiger partial charge in [-0.1, -0.05) is 11.8 Å². The van der Waals surface area contributed by atoms with Crippen molar-refractivity contribution in [3.63, 3.8) is 0 Å². The molecule has 0 saturated heterocycles. The zero-order valence-corrected chi connectivity index (χ0v) is 14.9. The van der Waals surface area contributed by atoms with Crippen molar-refractivity contribution in [2.45, 2.75) is 50.6 Å². The van der Waals surface area contributed by atoms with E-state index in [9.17, 15) is 4.79 Å². The van der Waals surface area contributed by atoms with Crippen molar-refractivity contribution in [3.05, 3.63) is 5.82 Å². The van der Waals surface area contributed by atoms with Gasteiger partial charge in [-0.25, -0.2) is 0 Å². The number of carbonyl (C=O) groups is 1. The highest BCUT2D eigenvalue weighted by atomic mass is 32.2. The van der Waals surface area contributed by atoms with Gasteiger partial charge in [-0.15, -0.1) is 10.2 Å². The maximum absolute atomic E-state index is 12.2. The molecule has 4 aliphatic rings. The molecule has 0 radical (unpaired) electrons. The fourth-order valence-corrected chi connectivity index (χ4v) is 6.27. The second kappa shape index (κ2) is 5.80. The Kier molecular flexibility index (Phi) is 3.90. The Morgan fingerprint density at radius 1 is 1.22 bits per heavy atom. The van der Waals surface area contributed by atoms with Crippen LogP contribution in [0.4, 0.5) is 0 Å². The first-order chi connectivity index (χ1) is 11.0. The van der Waals surface area contributed by atoms with Gasteiger partial charge in [0.25, 0.3) is 0 Å². The molecule has 4 saturated carbocycles. The van der Waals surface area contributed by atoms with Gasteiger partial charge < -0.3 is 9.88 Å². The molecule has 0 spiro atoms. The monoisotopic (exact) mass is 334 g/mol. The largest absolute Gasteiger partial charge is 0.355 e. The number of nitrogens with zero attached hydrogens (tertiary/aromatic N) is 3. The highest BCUT2D eigenvalue weighted by molar-refractivity contribution is 7.99. The molecule has 0 aliphatic heterocycles. The van der Waals surface area contributed by atoms with Crippen LogP contribution in [0.5, 0.6) is 0 Å². The zero-order valence-electron chi connectivity index (χ0n) is 14.0. The number of carbonyl (C=O) groups excluding carboxylic acids is 1. The van der Waals surface area contributed by atoms with E-state index in [1.54, 1.807) is 0 Å². The van der Waals surface area contributed by atoms with E-state index in [4.69, 9.17) is 0 Å². The minimum atomic E-state index is 0.131. The van der Waals surface area contributed by atoms with E-state index in [0.29, 0.717) is 11.2 Å². The fraction of sp³-hybridized carbons (Fsp3) is 0.824. The third kappa shape index (κ3) is 3.02. The van der Waals surface area contributed by atoms with Crippen LogP contribution >= 0.6 is 11.8 Å². The van der Waals surface area contributed by atoms with E-state index < -0.39 is 0 Å². The first-order valence-electron chi connectivity index (χ1n) is 8.78. The maximum Gasteiger partial charge on any atom is 0.230 e. The minimum Gasteiger partial charge on any atom is -0.355 e. The predicted molar refractivity (Wildman–Crippen MR) is 90.1 cm³/mol. The highest BCUT2D eigenvalue weighted by Crippen LogP contribution is 2.59. The van der Waals surface area contributed by atoms with Crippen molar-refractivity contribution in [2.24, 2.45) is 30.2 Å². The van der Waals surface area contributed by atoms with Gasteiger partial charge in [0.05, 0.1) is 5.75 Å². The van der Waals surface area contributed by atoms with Crippen LogP contribution in [0.25, 0.3) is 0 Å². The molecule has 5 rings (SSSR count). The molecule has 1 aromatic heterocycles. The van der Waals surface area contributed by atoms with Gasteiger partial charge in [-0.3, -0.25) is 4.79 Å². The zero-order chi connectivity index (χ0) is 16.0. The standard InChI is InChI=1S/C17H26N4OS/c1-11-19-20-16(21(11)2)23-9-15(22)18-10-17-6-12-3-13(7-17)5-14(4-12)8-17/h12-14H,3-10H2,1-2H3,(H,18,22). The molecule has 23 heavy (non-hydrogen) atoms. The molecule has 4 bridgehead atoms. The van der Waals surface area contributed by atoms with Crippen molar-refractivity contribution in [2.75, 3.05) is 12.3 Å². The van der Waals surface area contributed by atoms with Crippen LogP contribution in [0, 0.1) is 30.1 Å². The molecule has 0 unspecified atom stereocenters. The minimum absolute atomic E-state index is 0.131. The lowest BCUT2D eigenvalue weighted by Gasteiger charge is -2.56. The lowest BCUT2D eigenvalue weighted by atomic mass is 9.49. The number of rotatable bonds is 5. The Bertz CT molecular complexity index is 576. The normalized spacial score (nSPS) is 34.8. The van der Waals surface area contributed by atoms with E-state index >= 15 is 0 Å². The Morgan fingerprint density at radius 3 is 2.35 bits per heavy atom. The van der Waals surface area contributed by atoms with Crippen LogP contribution in [-0.2, 0) is 11.8 Å². The average molecular weight is 334 g/mol. The molecular weight excluding hydrogens is 308 g/mol. The van der Waals surface area contributed by atoms with Crippen LogP contribution in [0.3, 0.4) is 0 Å². The van der Waals surface area contributed by atoms with Crippen molar-refractivity contribution in [3.8, 4) is 0 Å². The van der Waals surface area contributed by atoms with Gasteiger partial charge in [-0.05, 0) is 68.6 Å². The molecule has 4 aliphatic carbocycles. The smallest absolute Gasteiger partial charge is 0.230 e. The Balaban J connectivity index is 1.29. The van der Waals surface area contributed by atoms with Gasteiger partial charge in [-0.2, -0.15) is 0 Å². The summed E-state index contributed by atoms with van der Waals surface area (Å²) < 4.78 is 1.93. The highest BCUT2D eigenvalue weighted by Gasteiger charge is 2.50. The lowest BCUT2D eigenvalue weighted by molar-refractivity contribution is -0.120. The predicted octanol–water partition coefficient (Wildman–Crippen LogP) is 2.55. The topological polar surface area (TPSA) is 59.8 Å². The number of amides is 1. The van der Waals surface area contributed by atoms with E-state index in [0.717, 1.165) is 35.3 Å². The van der Waals surface area contributed by atoms with Crippen LogP contribution < -0.4 is 5.32 Å². The second-order valence-corrected chi connectivity index (χ2v) is 9.01. The van der Waals surface area contributed by atoms with Crippen molar-refractivity contribution < 1.29 is 4.79 Å². The summed E-state index contributed by atoms with van der Waals surface area (Å²) in [6.45, 7) is 2.80. The van der Waals surface area contributed by atoms with Crippen LogP contribution in [0.1, 0.15) is 44.3 Å². The molecule has 5 nitrogen and oxygen atoms in total. The molecule has 4 fully saturated rings. The summed E-state index contributed by atoms with van der Waals surface area (Å²) in [5.74, 6) is 4.25. The molecule has 1 amide bonds. The molecule has 6 heteroatoms. The van der Waals surface area contributed by atoms with Gasteiger partial charge in [0.2, 0.25) is 5.91 Å². The number of aryl methyl sites for hydroxylation is 1. The fourth-order valence-electron chi connectivity index (χ4n) is 5.49. The molecule has 0 atom stereocenters. The third-order valence-electron chi connectivity index (χ3n) is 6.21. The Morgan fingerprint density at radius 2 is 1.83 bits per heavy atom. The SMILES string of the molecule is Cc1nnc(SCC(=O)NCC23CC4CC(CC(C4)C2)C3)n1C. The second-order valence-electron chi connectivity index (χ2n) is 8.07. The third-order valence-corrected chi connectivity index (χ3v) is 7.23. The quantitative estimate of drug-likeness (QED) is 0.841. The molecule has 1 aromatic rings. The van der Waals surface area contributed by atoms with Gasteiger partial charge in [0, 0.05) is 13.6 Å². The molecule has 0 aromatic carbocycles. The lowest BCUT2D eigenvalue weighted by Crippen LogP contribution is -2.51. The van der Waals surface area contributed by atoms with Crippen molar-refractivity contribution >= 4 is 17.7 Å². The Hall–Kier alpha value is -1.04. The molecule has 1 N–H and O–H groups in total. The summed E-state index contributed by atoms with van der Waals surface area (Å²) in [7, 11) is 1.94. The molecular formula is C17H26N4OS. The van der Waals surface area contributed by atoms with E-state index in [1.807, 2.05) is 18.5 Å². The van der Waals surface area contributed by atoms with Crippen LogP contribution in [0.2, 0.25) is 0 Å². The summed E-state index contributed by atoms with van der Waals surface area (Å²) in [4.78, 5) is 12.2. The number of thioether (sulfide) groups is 1. The Labute approximate surface area is 142 Å². The summed E-state index contributed by atoms with van der Waals surface area (Å²) in [5.41, 5.74) is 0.413. The van der Waals surface area contributed by atoms with Gasteiger partial charge in [0.15, 0.2) is 5.16 Å². The number of hydrogen-bond acceptors (Lipinski definition) is 4. The summed E-state index contributed by atoms with van der Waals surface area (Å²) in [6.07, 6.45) is 8.39. The van der Waals surface area contributed by atoms with Gasteiger partial charge in [0.1, 0.15) is 5.82 Å². The summed E-state index contributed by atoms with van der Waals surface area (Å²) in [6, 6.07) is 0.